The first-order chi connectivity index (χ1) is 8.79. The van der Waals surface area contributed by atoms with Gasteiger partial charge in [0.05, 0.1) is 24.6 Å². The predicted molar refractivity (Wildman–Crippen MR) is 71.8 cm³/mol. The fourth-order valence-electron chi connectivity index (χ4n) is 2.25. The molecule has 2 heterocycles. The number of nitrogens with zero attached hydrogens (tertiary/aromatic N) is 1. The number of morpholine rings is 1. The molecule has 1 aromatic rings. The van der Waals surface area contributed by atoms with Crippen LogP contribution in [0.4, 0.5) is 0 Å². The Hall–Kier alpha value is -0.560. The highest BCUT2D eigenvalue weighted by Gasteiger charge is 2.41. The first kappa shape index (κ1) is 14.8. The van der Waals surface area contributed by atoms with Gasteiger partial charge in [-0.2, -0.15) is 4.31 Å². The van der Waals surface area contributed by atoms with E-state index in [0.29, 0.717) is 31.3 Å². The summed E-state index contributed by atoms with van der Waals surface area (Å²) in [5, 5.41) is 0. The van der Waals surface area contributed by atoms with Crippen LogP contribution in [0.2, 0.25) is 0 Å². The van der Waals surface area contributed by atoms with Crippen molar-refractivity contribution in [2.24, 2.45) is 0 Å². The van der Waals surface area contributed by atoms with Gasteiger partial charge in [0, 0.05) is 12.6 Å². The molecule has 0 amide bonds. The molecule has 0 N–H and O–H groups in total. The van der Waals surface area contributed by atoms with Crippen molar-refractivity contribution in [3.05, 3.63) is 17.6 Å². The van der Waals surface area contributed by atoms with E-state index in [4.69, 9.17) is 20.8 Å². The Bertz CT molecular complexity index is 564. The molecule has 0 atom stereocenters. The third-order valence-electron chi connectivity index (χ3n) is 3.19. The third kappa shape index (κ3) is 2.67. The molecule has 0 radical (unpaired) electrons. The molecule has 1 saturated heterocycles. The van der Waals surface area contributed by atoms with Crippen molar-refractivity contribution in [1.82, 2.24) is 4.31 Å². The fourth-order valence-corrected chi connectivity index (χ4v) is 4.33. The maximum absolute atomic E-state index is 12.7. The summed E-state index contributed by atoms with van der Waals surface area (Å²) >= 11 is 5.68. The maximum atomic E-state index is 12.7. The highest BCUT2D eigenvalue weighted by molar-refractivity contribution is 7.89. The minimum atomic E-state index is -3.59. The summed E-state index contributed by atoms with van der Waals surface area (Å²) in [7, 11) is -3.59. The molecule has 1 fully saturated rings. The van der Waals surface area contributed by atoms with Crippen LogP contribution in [0.15, 0.2) is 15.4 Å². The zero-order valence-corrected chi connectivity index (χ0v) is 12.8. The molecule has 0 bridgehead atoms. The molecule has 7 heteroatoms. The Morgan fingerprint density at radius 1 is 1.47 bits per heavy atom. The van der Waals surface area contributed by atoms with Crippen LogP contribution in [-0.4, -0.2) is 38.0 Å². The molecule has 0 aromatic carbocycles. The first-order valence-corrected chi connectivity index (χ1v) is 8.02. The van der Waals surface area contributed by atoms with Crippen molar-refractivity contribution in [3.8, 4) is 0 Å². The van der Waals surface area contributed by atoms with E-state index in [1.807, 2.05) is 13.8 Å². The monoisotopic (exact) mass is 307 g/mol. The van der Waals surface area contributed by atoms with Gasteiger partial charge in [0.15, 0.2) is 0 Å². The van der Waals surface area contributed by atoms with Crippen molar-refractivity contribution in [2.75, 3.05) is 19.8 Å². The lowest BCUT2D eigenvalue weighted by Crippen LogP contribution is -2.55. The number of rotatable bonds is 3. The second-order valence-corrected chi connectivity index (χ2v) is 7.31. The van der Waals surface area contributed by atoms with Gasteiger partial charge in [0.25, 0.3) is 0 Å². The third-order valence-corrected chi connectivity index (χ3v) is 5.67. The highest BCUT2D eigenvalue weighted by Crippen LogP contribution is 2.30. The molecule has 0 spiro atoms. The van der Waals surface area contributed by atoms with Crippen LogP contribution in [0.25, 0.3) is 0 Å². The van der Waals surface area contributed by atoms with Crippen LogP contribution in [0, 0.1) is 6.92 Å². The lowest BCUT2D eigenvalue weighted by molar-refractivity contribution is -0.00774. The number of hydrogen-bond acceptors (Lipinski definition) is 4. The first-order valence-electron chi connectivity index (χ1n) is 6.05. The molecule has 0 saturated carbocycles. The largest absolute Gasteiger partial charge is 0.464 e. The zero-order valence-electron chi connectivity index (χ0n) is 11.3. The number of aryl methyl sites for hydroxylation is 1. The summed E-state index contributed by atoms with van der Waals surface area (Å²) in [4.78, 5) is 0.193. The minimum absolute atomic E-state index is 0.156. The van der Waals surface area contributed by atoms with Crippen molar-refractivity contribution < 1.29 is 17.6 Å². The molecule has 1 aliphatic heterocycles. The molecule has 19 heavy (non-hydrogen) atoms. The van der Waals surface area contributed by atoms with Crippen LogP contribution < -0.4 is 0 Å². The molecule has 1 aliphatic rings. The van der Waals surface area contributed by atoms with E-state index in [1.165, 1.54) is 10.4 Å². The Labute approximate surface area is 118 Å². The topological polar surface area (TPSA) is 59.8 Å². The SMILES string of the molecule is Cc1oc(CCl)cc1S(=O)(=O)N1CCOCC1(C)C. The normalized spacial score (nSPS) is 20.6. The summed E-state index contributed by atoms with van der Waals surface area (Å²) in [6, 6.07) is 1.50. The number of furan rings is 1. The van der Waals surface area contributed by atoms with E-state index in [0.717, 1.165) is 0 Å². The van der Waals surface area contributed by atoms with E-state index >= 15 is 0 Å². The molecular formula is C12H18ClNO4S. The smallest absolute Gasteiger partial charge is 0.247 e. The van der Waals surface area contributed by atoms with Gasteiger partial charge in [-0.25, -0.2) is 8.42 Å². The summed E-state index contributed by atoms with van der Waals surface area (Å²) in [6.07, 6.45) is 0. The van der Waals surface area contributed by atoms with Crippen molar-refractivity contribution >= 4 is 21.6 Å². The second-order valence-electron chi connectivity index (χ2n) is 5.21. The van der Waals surface area contributed by atoms with Gasteiger partial charge in [0.1, 0.15) is 16.4 Å². The molecule has 1 aromatic heterocycles. The Morgan fingerprint density at radius 2 is 2.16 bits per heavy atom. The van der Waals surface area contributed by atoms with Crippen molar-refractivity contribution in [2.45, 2.75) is 37.1 Å². The minimum Gasteiger partial charge on any atom is -0.464 e. The predicted octanol–water partition coefficient (Wildman–Crippen LogP) is 2.13. The zero-order chi connectivity index (χ0) is 14.3. The van der Waals surface area contributed by atoms with Gasteiger partial charge >= 0.3 is 0 Å². The molecule has 0 unspecified atom stereocenters. The molecule has 108 valence electrons. The van der Waals surface area contributed by atoms with Crippen LogP contribution in [0.5, 0.6) is 0 Å². The van der Waals surface area contributed by atoms with Gasteiger partial charge in [0.2, 0.25) is 10.0 Å². The quantitative estimate of drug-likeness (QED) is 0.803. The summed E-state index contributed by atoms with van der Waals surface area (Å²) in [5.74, 6) is 0.991. The average molecular weight is 308 g/mol. The number of ether oxygens (including phenoxy) is 1. The van der Waals surface area contributed by atoms with Crippen LogP contribution in [0.3, 0.4) is 0 Å². The van der Waals surface area contributed by atoms with Crippen LogP contribution >= 0.6 is 11.6 Å². The van der Waals surface area contributed by atoms with Crippen LogP contribution in [0.1, 0.15) is 25.4 Å². The van der Waals surface area contributed by atoms with Gasteiger partial charge in [-0.3, -0.25) is 0 Å². The number of halogens is 1. The number of hydrogen-bond donors (Lipinski definition) is 0. The lowest BCUT2D eigenvalue weighted by atomic mass is 10.1. The van der Waals surface area contributed by atoms with E-state index < -0.39 is 15.6 Å². The van der Waals surface area contributed by atoms with Crippen molar-refractivity contribution in [3.63, 3.8) is 0 Å². The Morgan fingerprint density at radius 3 is 2.68 bits per heavy atom. The van der Waals surface area contributed by atoms with Gasteiger partial charge in [-0.05, 0) is 20.8 Å². The van der Waals surface area contributed by atoms with Crippen LogP contribution in [-0.2, 0) is 20.6 Å². The van der Waals surface area contributed by atoms with E-state index in [9.17, 15) is 8.42 Å². The Balaban J connectivity index is 2.43. The maximum Gasteiger partial charge on any atom is 0.247 e. The van der Waals surface area contributed by atoms with Crippen molar-refractivity contribution in [1.29, 1.82) is 0 Å². The van der Waals surface area contributed by atoms with E-state index in [2.05, 4.69) is 0 Å². The molecule has 0 aliphatic carbocycles. The fraction of sp³-hybridized carbons (Fsp3) is 0.667. The van der Waals surface area contributed by atoms with Gasteiger partial charge < -0.3 is 9.15 Å². The Kier molecular flexibility index (Phi) is 3.97. The second kappa shape index (κ2) is 5.09. The van der Waals surface area contributed by atoms with Gasteiger partial charge in [-0.1, -0.05) is 0 Å². The van der Waals surface area contributed by atoms with E-state index in [-0.39, 0.29) is 10.8 Å². The lowest BCUT2D eigenvalue weighted by Gasteiger charge is -2.40. The molecular weight excluding hydrogens is 290 g/mol. The summed E-state index contributed by atoms with van der Waals surface area (Å²) in [5.41, 5.74) is -0.568. The van der Waals surface area contributed by atoms with Gasteiger partial charge in [-0.15, -0.1) is 11.6 Å². The number of alkyl halides is 1. The standard InChI is InChI=1S/C12H18ClNO4S/c1-9-11(6-10(7-13)18-9)19(15,16)14-4-5-17-8-12(14,2)3/h6H,4-5,7-8H2,1-3H3. The number of sulfonamides is 1. The summed E-state index contributed by atoms with van der Waals surface area (Å²) in [6.45, 7) is 6.46. The van der Waals surface area contributed by atoms with E-state index in [1.54, 1.807) is 6.92 Å². The molecule has 5 nitrogen and oxygen atoms in total. The molecule has 2 rings (SSSR count). The average Bonchev–Trinajstić information content (AvgIpc) is 2.70. The summed E-state index contributed by atoms with van der Waals surface area (Å²) < 4.78 is 37.6. The highest BCUT2D eigenvalue weighted by atomic mass is 35.5.